The SMILES string of the molecule is O=C(CCN1CCCCC1)N1CCc2ccccc2C1C1CCCCC1. The van der Waals surface area contributed by atoms with E-state index in [0.29, 0.717) is 24.3 Å². The van der Waals surface area contributed by atoms with Gasteiger partial charge in [0.2, 0.25) is 5.91 Å². The van der Waals surface area contributed by atoms with E-state index in [9.17, 15) is 4.79 Å². The zero-order valence-electron chi connectivity index (χ0n) is 16.2. The molecule has 3 aliphatic rings. The molecule has 0 radical (unpaired) electrons. The average molecular weight is 355 g/mol. The van der Waals surface area contributed by atoms with Gasteiger partial charge in [-0.1, -0.05) is 49.9 Å². The van der Waals surface area contributed by atoms with E-state index >= 15 is 0 Å². The molecule has 1 saturated heterocycles. The van der Waals surface area contributed by atoms with Crippen LogP contribution in [0.5, 0.6) is 0 Å². The number of benzene rings is 1. The van der Waals surface area contributed by atoms with Gasteiger partial charge in [0.1, 0.15) is 0 Å². The van der Waals surface area contributed by atoms with E-state index in [1.165, 1.54) is 75.6 Å². The fourth-order valence-electron chi connectivity index (χ4n) is 5.42. The number of hydrogen-bond acceptors (Lipinski definition) is 2. The van der Waals surface area contributed by atoms with Gasteiger partial charge in [-0.3, -0.25) is 4.79 Å². The number of piperidine rings is 1. The summed E-state index contributed by atoms with van der Waals surface area (Å²) >= 11 is 0. The monoisotopic (exact) mass is 354 g/mol. The van der Waals surface area contributed by atoms with Gasteiger partial charge < -0.3 is 9.80 Å². The highest BCUT2D eigenvalue weighted by Gasteiger charge is 2.36. The average Bonchev–Trinajstić information content (AvgIpc) is 2.72. The largest absolute Gasteiger partial charge is 0.335 e. The van der Waals surface area contributed by atoms with Crippen molar-refractivity contribution in [3.8, 4) is 0 Å². The van der Waals surface area contributed by atoms with Crippen molar-refractivity contribution in [3.63, 3.8) is 0 Å². The van der Waals surface area contributed by atoms with Gasteiger partial charge in [-0.05, 0) is 62.2 Å². The Labute approximate surface area is 158 Å². The molecule has 0 N–H and O–H groups in total. The number of carbonyl (C=O) groups excluding carboxylic acids is 1. The quantitative estimate of drug-likeness (QED) is 0.791. The summed E-state index contributed by atoms with van der Waals surface area (Å²) < 4.78 is 0. The number of amides is 1. The van der Waals surface area contributed by atoms with Crippen molar-refractivity contribution in [2.24, 2.45) is 5.92 Å². The normalized spacial score (nSPS) is 25.1. The summed E-state index contributed by atoms with van der Waals surface area (Å²) in [6.45, 7) is 4.23. The van der Waals surface area contributed by atoms with Crippen molar-refractivity contribution >= 4 is 5.91 Å². The summed E-state index contributed by atoms with van der Waals surface area (Å²) in [5.74, 6) is 1.05. The second kappa shape index (κ2) is 8.56. The van der Waals surface area contributed by atoms with E-state index in [4.69, 9.17) is 0 Å². The van der Waals surface area contributed by atoms with Crippen LogP contribution in [-0.4, -0.2) is 41.9 Å². The van der Waals surface area contributed by atoms with E-state index in [0.717, 1.165) is 19.5 Å². The Morgan fingerprint density at radius 2 is 1.65 bits per heavy atom. The first kappa shape index (κ1) is 18.0. The van der Waals surface area contributed by atoms with E-state index < -0.39 is 0 Å². The van der Waals surface area contributed by atoms with Crippen LogP contribution in [0.1, 0.15) is 75.0 Å². The summed E-state index contributed by atoms with van der Waals surface area (Å²) in [6, 6.07) is 9.22. The molecule has 1 aromatic rings. The summed E-state index contributed by atoms with van der Waals surface area (Å²) in [4.78, 5) is 18.0. The van der Waals surface area contributed by atoms with Crippen LogP contribution in [0.2, 0.25) is 0 Å². The van der Waals surface area contributed by atoms with Gasteiger partial charge >= 0.3 is 0 Å². The molecule has 26 heavy (non-hydrogen) atoms. The van der Waals surface area contributed by atoms with E-state index in [1.54, 1.807) is 0 Å². The van der Waals surface area contributed by atoms with Crippen molar-refractivity contribution in [1.29, 1.82) is 0 Å². The van der Waals surface area contributed by atoms with Crippen LogP contribution < -0.4 is 0 Å². The number of nitrogens with zero attached hydrogens (tertiary/aromatic N) is 2. The molecule has 0 bridgehead atoms. The van der Waals surface area contributed by atoms with Crippen molar-refractivity contribution in [1.82, 2.24) is 9.80 Å². The maximum Gasteiger partial charge on any atom is 0.224 e. The summed E-state index contributed by atoms with van der Waals surface area (Å²) in [7, 11) is 0. The minimum absolute atomic E-state index is 0.328. The number of hydrogen-bond donors (Lipinski definition) is 0. The molecule has 1 aromatic carbocycles. The Morgan fingerprint density at radius 1 is 0.923 bits per heavy atom. The Bertz CT molecular complexity index is 602. The first-order valence-corrected chi connectivity index (χ1v) is 10.9. The van der Waals surface area contributed by atoms with Gasteiger partial charge in [-0.2, -0.15) is 0 Å². The van der Waals surface area contributed by atoms with Gasteiger partial charge in [0, 0.05) is 19.5 Å². The fraction of sp³-hybridized carbons (Fsp3) is 0.696. The Morgan fingerprint density at radius 3 is 2.46 bits per heavy atom. The second-order valence-electron chi connectivity index (χ2n) is 8.53. The Balaban J connectivity index is 1.48. The predicted octanol–water partition coefficient (Wildman–Crippen LogP) is 4.57. The van der Waals surface area contributed by atoms with Crippen LogP contribution in [0.25, 0.3) is 0 Å². The molecular weight excluding hydrogens is 320 g/mol. The third-order valence-electron chi connectivity index (χ3n) is 6.84. The summed E-state index contributed by atoms with van der Waals surface area (Å²) in [5.41, 5.74) is 2.92. The summed E-state index contributed by atoms with van der Waals surface area (Å²) in [6.07, 6.45) is 12.3. The topological polar surface area (TPSA) is 23.6 Å². The molecule has 1 unspecified atom stereocenters. The number of rotatable bonds is 4. The zero-order chi connectivity index (χ0) is 17.8. The summed E-state index contributed by atoms with van der Waals surface area (Å²) in [5, 5.41) is 0. The second-order valence-corrected chi connectivity index (χ2v) is 8.53. The van der Waals surface area contributed by atoms with Crippen LogP contribution in [0.15, 0.2) is 24.3 Å². The molecule has 0 aromatic heterocycles. The maximum atomic E-state index is 13.2. The van der Waals surface area contributed by atoms with Gasteiger partial charge in [-0.15, -0.1) is 0 Å². The molecule has 0 spiro atoms. The first-order valence-electron chi connectivity index (χ1n) is 10.9. The third kappa shape index (κ3) is 3.98. The molecule has 1 atom stereocenters. The highest BCUT2D eigenvalue weighted by molar-refractivity contribution is 5.77. The minimum Gasteiger partial charge on any atom is -0.335 e. The van der Waals surface area contributed by atoms with Gasteiger partial charge in [0.15, 0.2) is 0 Å². The lowest BCUT2D eigenvalue weighted by atomic mass is 9.77. The lowest BCUT2D eigenvalue weighted by Crippen LogP contribution is -2.45. The van der Waals surface area contributed by atoms with Crippen LogP contribution in [0.4, 0.5) is 0 Å². The molecule has 2 aliphatic heterocycles. The molecule has 142 valence electrons. The molecule has 2 fully saturated rings. The maximum absolute atomic E-state index is 13.2. The van der Waals surface area contributed by atoms with Crippen LogP contribution in [0, 0.1) is 5.92 Å². The van der Waals surface area contributed by atoms with E-state index in [2.05, 4.69) is 34.1 Å². The highest BCUT2D eigenvalue weighted by atomic mass is 16.2. The molecule has 1 amide bonds. The van der Waals surface area contributed by atoms with Crippen molar-refractivity contribution in [2.75, 3.05) is 26.2 Å². The van der Waals surface area contributed by atoms with Gasteiger partial charge in [0.25, 0.3) is 0 Å². The molecule has 3 nitrogen and oxygen atoms in total. The lowest BCUT2D eigenvalue weighted by molar-refractivity contribution is -0.136. The van der Waals surface area contributed by atoms with Crippen LogP contribution in [-0.2, 0) is 11.2 Å². The minimum atomic E-state index is 0.328. The molecule has 2 heterocycles. The van der Waals surface area contributed by atoms with Gasteiger partial charge in [-0.25, -0.2) is 0 Å². The van der Waals surface area contributed by atoms with Gasteiger partial charge in [0.05, 0.1) is 6.04 Å². The van der Waals surface area contributed by atoms with Crippen molar-refractivity contribution < 1.29 is 4.79 Å². The molecule has 4 rings (SSSR count). The number of likely N-dealkylation sites (tertiary alicyclic amines) is 1. The Kier molecular flexibility index (Phi) is 5.94. The zero-order valence-corrected chi connectivity index (χ0v) is 16.2. The van der Waals surface area contributed by atoms with Crippen LogP contribution >= 0.6 is 0 Å². The molecular formula is C23H34N2O. The van der Waals surface area contributed by atoms with E-state index in [-0.39, 0.29) is 0 Å². The number of fused-ring (bicyclic) bond motifs is 1. The van der Waals surface area contributed by atoms with Crippen molar-refractivity contribution in [3.05, 3.63) is 35.4 Å². The highest BCUT2D eigenvalue weighted by Crippen LogP contribution is 2.42. The standard InChI is InChI=1S/C23H34N2O/c26-22(14-17-24-15-7-2-8-16-24)25-18-13-19-9-5-6-12-21(19)23(25)20-10-3-1-4-11-20/h5-6,9,12,20,23H,1-4,7-8,10-11,13-18H2. The number of carbonyl (C=O) groups is 1. The molecule has 1 saturated carbocycles. The lowest BCUT2D eigenvalue weighted by Gasteiger charge is -2.43. The molecule has 1 aliphatic carbocycles. The first-order chi connectivity index (χ1) is 12.8. The van der Waals surface area contributed by atoms with Crippen LogP contribution in [0.3, 0.4) is 0 Å². The fourth-order valence-corrected chi connectivity index (χ4v) is 5.42. The third-order valence-corrected chi connectivity index (χ3v) is 6.84. The van der Waals surface area contributed by atoms with E-state index in [1.807, 2.05) is 0 Å². The Hall–Kier alpha value is -1.35. The van der Waals surface area contributed by atoms with Crippen molar-refractivity contribution in [2.45, 2.75) is 70.3 Å². The smallest absolute Gasteiger partial charge is 0.224 e. The predicted molar refractivity (Wildman–Crippen MR) is 106 cm³/mol. The molecule has 3 heteroatoms.